The summed E-state index contributed by atoms with van der Waals surface area (Å²) < 4.78 is 1.04. The first kappa shape index (κ1) is 17.0. The zero-order chi connectivity index (χ0) is 17.9. The maximum absolute atomic E-state index is 6.19. The van der Waals surface area contributed by atoms with Gasteiger partial charge in [0.15, 0.2) is 0 Å². The maximum Gasteiger partial charge on any atom is 0.0899 e. The molecule has 0 amide bonds. The van der Waals surface area contributed by atoms with Gasteiger partial charge in [-0.25, -0.2) is 4.98 Å². The lowest BCUT2D eigenvalue weighted by Crippen LogP contribution is -1.92. The third-order valence-electron chi connectivity index (χ3n) is 4.05. The smallest absolute Gasteiger partial charge is 0.0899 e. The van der Waals surface area contributed by atoms with E-state index >= 15 is 0 Å². The Morgan fingerprint density at radius 1 is 0.654 bits per heavy atom. The van der Waals surface area contributed by atoms with Crippen molar-refractivity contribution in [3.63, 3.8) is 0 Å². The van der Waals surface area contributed by atoms with E-state index in [1.54, 1.807) is 6.20 Å². The largest absolute Gasteiger partial charge is 0.255 e. The summed E-state index contributed by atoms with van der Waals surface area (Å²) >= 11 is 9.68. The van der Waals surface area contributed by atoms with Crippen LogP contribution in [0.1, 0.15) is 0 Å². The lowest BCUT2D eigenvalue weighted by molar-refractivity contribution is 1.25. The number of aromatic nitrogens is 2. The molecule has 0 aliphatic carbocycles. The Morgan fingerprint density at radius 2 is 1.46 bits per heavy atom. The second-order valence-corrected chi connectivity index (χ2v) is 7.21. The fraction of sp³-hybridized carbons (Fsp3) is 0. The van der Waals surface area contributed by atoms with Crippen molar-refractivity contribution in [2.24, 2.45) is 0 Å². The minimum absolute atomic E-state index is 0.712. The first-order valence-electron chi connectivity index (χ1n) is 8.14. The van der Waals surface area contributed by atoms with Gasteiger partial charge in [-0.3, -0.25) is 4.98 Å². The molecule has 126 valence electrons. The molecular formula is C22H14BrClN2. The molecule has 0 spiro atoms. The van der Waals surface area contributed by atoms with Crippen LogP contribution in [-0.4, -0.2) is 9.97 Å². The number of rotatable bonds is 3. The molecule has 2 aromatic heterocycles. The van der Waals surface area contributed by atoms with E-state index in [4.69, 9.17) is 16.6 Å². The molecule has 2 aromatic carbocycles. The van der Waals surface area contributed by atoms with Crippen LogP contribution in [0.5, 0.6) is 0 Å². The van der Waals surface area contributed by atoms with Gasteiger partial charge in [0, 0.05) is 21.3 Å². The van der Waals surface area contributed by atoms with Crippen molar-refractivity contribution < 1.29 is 0 Å². The monoisotopic (exact) mass is 420 g/mol. The molecule has 0 fully saturated rings. The summed E-state index contributed by atoms with van der Waals surface area (Å²) in [5, 5.41) is 0.712. The molecule has 26 heavy (non-hydrogen) atoms. The van der Waals surface area contributed by atoms with Crippen molar-refractivity contribution in [3.8, 4) is 33.8 Å². The van der Waals surface area contributed by atoms with E-state index in [2.05, 4.69) is 51.2 Å². The molecular weight excluding hydrogens is 408 g/mol. The van der Waals surface area contributed by atoms with Crippen LogP contribution >= 0.6 is 27.5 Å². The number of hydrogen-bond acceptors (Lipinski definition) is 2. The van der Waals surface area contributed by atoms with Gasteiger partial charge in [0.05, 0.1) is 17.1 Å². The Kier molecular flexibility index (Phi) is 4.83. The van der Waals surface area contributed by atoms with Crippen LogP contribution in [0.3, 0.4) is 0 Å². The second kappa shape index (κ2) is 7.40. The quantitative estimate of drug-likeness (QED) is 0.360. The van der Waals surface area contributed by atoms with Crippen molar-refractivity contribution in [2.45, 2.75) is 0 Å². The highest BCUT2D eigenvalue weighted by Gasteiger charge is 2.10. The van der Waals surface area contributed by atoms with Gasteiger partial charge in [-0.05, 0) is 59.7 Å². The molecule has 2 heterocycles. The fourth-order valence-corrected chi connectivity index (χ4v) is 3.23. The third kappa shape index (κ3) is 3.69. The van der Waals surface area contributed by atoms with Crippen LogP contribution in [0.25, 0.3) is 33.8 Å². The molecule has 0 bridgehead atoms. The zero-order valence-electron chi connectivity index (χ0n) is 13.7. The molecule has 0 aliphatic heterocycles. The molecule has 0 saturated heterocycles. The molecule has 0 atom stereocenters. The van der Waals surface area contributed by atoms with E-state index in [-0.39, 0.29) is 0 Å². The number of benzene rings is 2. The minimum Gasteiger partial charge on any atom is -0.255 e. The first-order chi connectivity index (χ1) is 12.7. The Bertz CT molecular complexity index is 1050. The van der Waals surface area contributed by atoms with Gasteiger partial charge in [0.1, 0.15) is 0 Å². The predicted octanol–water partition coefficient (Wildman–Crippen LogP) is 6.89. The van der Waals surface area contributed by atoms with Gasteiger partial charge in [0.2, 0.25) is 0 Å². The van der Waals surface area contributed by atoms with Crippen LogP contribution in [0, 0.1) is 0 Å². The van der Waals surface area contributed by atoms with Crippen LogP contribution in [0.4, 0.5) is 0 Å². The average Bonchev–Trinajstić information content (AvgIpc) is 2.69. The first-order valence-corrected chi connectivity index (χ1v) is 9.31. The molecule has 4 aromatic rings. The van der Waals surface area contributed by atoms with Crippen LogP contribution in [0.15, 0.2) is 89.5 Å². The Morgan fingerprint density at radius 3 is 2.19 bits per heavy atom. The van der Waals surface area contributed by atoms with Gasteiger partial charge in [-0.1, -0.05) is 57.9 Å². The Hall–Kier alpha value is -2.49. The van der Waals surface area contributed by atoms with Gasteiger partial charge >= 0.3 is 0 Å². The van der Waals surface area contributed by atoms with Gasteiger partial charge in [-0.15, -0.1) is 0 Å². The van der Waals surface area contributed by atoms with Crippen molar-refractivity contribution in [3.05, 3.63) is 94.6 Å². The van der Waals surface area contributed by atoms with E-state index in [1.807, 2.05) is 48.5 Å². The normalized spacial score (nSPS) is 10.7. The summed E-state index contributed by atoms with van der Waals surface area (Å²) in [6.07, 6.45) is 1.78. The highest BCUT2D eigenvalue weighted by Crippen LogP contribution is 2.31. The molecule has 0 unspecified atom stereocenters. The molecule has 2 nitrogen and oxygen atoms in total. The molecule has 0 N–H and O–H groups in total. The number of nitrogens with zero attached hydrogens (tertiary/aromatic N) is 2. The Labute approximate surface area is 165 Å². The summed E-state index contributed by atoms with van der Waals surface area (Å²) in [6, 6.07) is 26.0. The standard InChI is InChI=1S/C22H14BrClN2/c23-18-9-7-15(8-10-18)21-13-17(16-4-3-5-19(24)12-16)14-22(26-21)20-6-1-2-11-25-20/h1-14H. The fourth-order valence-electron chi connectivity index (χ4n) is 2.78. The molecule has 0 saturated carbocycles. The predicted molar refractivity (Wildman–Crippen MR) is 111 cm³/mol. The highest BCUT2D eigenvalue weighted by molar-refractivity contribution is 9.10. The van der Waals surface area contributed by atoms with Crippen molar-refractivity contribution >= 4 is 27.5 Å². The Balaban J connectivity index is 1.91. The number of hydrogen-bond donors (Lipinski definition) is 0. The second-order valence-electron chi connectivity index (χ2n) is 5.86. The molecule has 4 rings (SSSR count). The van der Waals surface area contributed by atoms with Crippen molar-refractivity contribution in [2.75, 3.05) is 0 Å². The van der Waals surface area contributed by atoms with Crippen LogP contribution in [-0.2, 0) is 0 Å². The zero-order valence-corrected chi connectivity index (χ0v) is 16.1. The average molecular weight is 422 g/mol. The molecule has 0 aliphatic rings. The lowest BCUT2D eigenvalue weighted by atomic mass is 10.0. The van der Waals surface area contributed by atoms with Crippen LogP contribution in [0.2, 0.25) is 5.02 Å². The molecule has 0 radical (unpaired) electrons. The summed E-state index contributed by atoms with van der Waals surface area (Å²) in [5.41, 5.74) is 5.73. The van der Waals surface area contributed by atoms with Gasteiger partial charge in [-0.2, -0.15) is 0 Å². The van der Waals surface area contributed by atoms with E-state index in [0.717, 1.165) is 38.2 Å². The highest BCUT2D eigenvalue weighted by atomic mass is 79.9. The van der Waals surface area contributed by atoms with E-state index in [0.29, 0.717) is 5.02 Å². The summed E-state index contributed by atoms with van der Waals surface area (Å²) in [5.74, 6) is 0. The maximum atomic E-state index is 6.19. The lowest BCUT2D eigenvalue weighted by Gasteiger charge is -2.10. The SMILES string of the molecule is Clc1cccc(-c2cc(-c3ccc(Br)cc3)nc(-c3ccccn3)c2)c1. The topological polar surface area (TPSA) is 25.8 Å². The third-order valence-corrected chi connectivity index (χ3v) is 4.81. The number of halogens is 2. The summed E-state index contributed by atoms with van der Waals surface area (Å²) in [4.78, 5) is 9.29. The van der Waals surface area contributed by atoms with E-state index in [9.17, 15) is 0 Å². The van der Waals surface area contributed by atoms with Crippen molar-refractivity contribution in [1.82, 2.24) is 9.97 Å². The number of pyridine rings is 2. The van der Waals surface area contributed by atoms with E-state index < -0.39 is 0 Å². The summed E-state index contributed by atoms with van der Waals surface area (Å²) in [6.45, 7) is 0. The molecule has 4 heteroatoms. The van der Waals surface area contributed by atoms with Gasteiger partial charge < -0.3 is 0 Å². The van der Waals surface area contributed by atoms with Crippen molar-refractivity contribution in [1.29, 1.82) is 0 Å². The summed E-state index contributed by atoms with van der Waals surface area (Å²) in [7, 11) is 0. The van der Waals surface area contributed by atoms with Crippen LogP contribution < -0.4 is 0 Å². The van der Waals surface area contributed by atoms with Gasteiger partial charge in [0.25, 0.3) is 0 Å². The van der Waals surface area contributed by atoms with E-state index in [1.165, 1.54) is 0 Å². The minimum atomic E-state index is 0.712.